The van der Waals surface area contributed by atoms with Gasteiger partial charge in [0.05, 0.1) is 0 Å². The molecule has 2 rings (SSSR count). The zero-order chi connectivity index (χ0) is 7.68. The van der Waals surface area contributed by atoms with Crippen molar-refractivity contribution in [3.63, 3.8) is 0 Å². The summed E-state index contributed by atoms with van der Waals surface area (Å²) in [6, 6.07) is 4.22. The van der Waals surface area contributed by atoms with E-state index in [4.69, 9.17) is 0 Å². The number of likely N-dealkylation sites (tertiary alicyclic amines) is 1. The molecule has 11 heavy (non-hydrogen) atoms. The fraction of sp³-hybridized carbons (Fsp3) is 0.444. The molecule has 2 heteroatoms. The summed E-state index contributed by atoms with van der Waals surface area (Å²) in [6.07, 6.45) is 3.74. The standard InChI is InChI=1S/C9H12N2/c1-11-6-9(7-11)8-2-4-10-5-3-8/h2-5,9H,6-7H2,1H3. The minimum Gasteiger partial charge on any atom is -0.305 e. The summed E-state index contributed by atoms with van der Waals surface area (Å²) < 4.78 is 0. The first-order valence-corrected chi connectivity index (χ1v) is 3.95. The summed E-state index contributed by atoms with van der Waals surface area (Å²) in [6.45, 7) is 2.40. The van der Waals surface area contributed by atoms with Crippen molar-refractivity contribution in [2.24, 2.45) is 0 Å². The lowest BCUT2D eigenvalue weighted by atomic mass is 9.93. The lowest BCUT2D eigenvalue weighted by Gasteiger charge is -2.36. The molecule has 0 N–H and O–H groups in total. The number of nitrogens with zero attached hydrogens (tertiary/aromatic N) is 2. The van der Waals surface area contributed by atoms with Crippen LogP contribution in [0.2, 0.25) is 0 Å². The van der Waals surface area contributed by atoms with Crippen LogP contribution in [0.4, 0.5) is 0 Å². The molecule has 2 heterocycles. The van der Waals surface area contributed by atoms with E-state index in [-0.39, 0.29) is 0 Å². The first-order chi connectivity index (χ1) is 5.36. The van der Waals surface area contributed by atoms with Crippen molar-refractivity contribution in [3.05, 3.63) is 30.1 Å². The van der Waals surface area contributed by atoms with Crippen molar-refractivity contribution in [3.8, 4) is 0 Å². The van der Waals surface area contributed by atoms with E-state index in [0.29, 0.717) is 0 Å². The molecule has 1 aliphatic heterocycles. The molecule has 1 aromatic rings. The number of rotatable bonds is 1. The molecule has 0 atom stereocenters. The first kappa shape index (κ1) is 6.80. The average molecular weight is 148 g/mol. The Hall–Kier alpha value is -0.890. The quantitative estimate of drug-likeness (QED) is 0.593. The number of hydrogen-bond donors (Lipinski definition) is 0. The third-order valence-corrected chi connectivity index (χ3v) is 2.24. The van der Waals surface area contributed by atoms with E-state index in [9.17, 15) is 0 Å². The van der Waals surface area contributed by atoms with Gasteiger partial charge in [0.15, 0.2) is 0 Å². The Bertz CT molecular complexity index is 227. The van der Waals surface area contributed by atoms with Gasteiger partial charge < -0.3 is 4.90 Å². The van der Waals surface area contributed by atoms with Gasteiger partial charge in [-0.05, 0) is 24.7 Å². The molecule has 0 radical (unpaired) electrons. The van der Waals surface area contributed by atoms with E-state index >= 15 is 0 Å². The van der Waals surface area contributed by atoms with Crippen LogP contribution < -0.4 is 0 Å². The molecule has 0 aliphatic carbocycles. The predicted octanol–water partition coefficient (Wildman–Crippen LogP) is 1.11. The second-order valence-electron chi connectivity index (χ2n) is 3.20. The maximum Gasteiger partial charge on any atom is 0.0270 e. The average Bonchev–Trinajstić information content (AvgIpc) is 2.01. The minimum absolute atomic E-state index is 0.753. The second-order valence-corrected chi connectivity index (χ2v) is 3.20. The highest BCUT2D eigenvalue weighted by Crippen LogP contribution is 2.24. The predicted molar refractivity (Wildman–Crippen MR) is 44.5 cm³/mol. The summed E-state index contributed by atoms with van der Waals surface area (Å²) in [4.78, 5) is 6.32. The van der Waals surface area contributed by atoms with Crippen molar-refractivity contribution in [1.82, 2.24) is 9.88 Å². The molecule has 1 fully saturated rings. The zero-order valence-electron chi connectivity index (χ0n) is 6.70. The Labute approximate surface area is 66.9 Å². The molecule has 1 saturated heterocycles. The van der Waals surface area contributed by atoms with Crippen LogP contribution in [0.3, 0.4) is 0 Å². The van der Waals surface area contributed by atoms with E-state index in [1.54, 1.807) is 0 Å². The van der Waals surface area contributed by atoms with Crippen LogP contribution in [0.25, 0.3) is 0 Å². The summed E-state index contributed by atoms with van der Waals surface area (Å²) in [5, 5.41) is 0. The van der Waals surface area contributed by atoms with Gasteiger partial charge in [0.1, 0.15) is 0 Å². The lowest BCUT2D eigenvalue weighted by Crippen LogP contribution is -2.41. The summed E-state index contributed by atoms with van der Waals surface area (Å²) in [7, 11) is 2.15. The normalized spacial score (nSPS) is 19.7. The Morgan fingerprint density at radius 2 is 2.00 bits per heavy atom. The maximum absolute atomic E-state index is 3.99. The van der Waals surface area contributed by atoms with Crippen molar-refractivity contribution < 1.29 is 0 Å². The van der Waals surface area contributed by atoms with Crippen LogP contribution in [-0.4, -0.2) is 30.0 Å². The van der Waals surface area contributed by atoms with Gasteiger partial charge in [-0.25, -0.2) is 0 Å². The van der Waals surface area contributed by atoms with Gasteiger partial charge in [-0.3, -0.25) is 4.98 Å². The van der Waals surface area contributed by atoms with Crippen molar-refractivity contribution in [1.29, 1.82) is 0 Å². The molecule has 0 unspecified atom stereocenters. The molecule has 2 nitrogen and oxygen atoms in total. The smallest absolute Gasteiger partial charge is 0.0270 e. The van der Waals surface area contributed by atoms with Gasteiger partial charge in [-0.2, -0.15) is 0 Å². The highest BCUT2D eigenvalue weighted by atomic mass is 15.2. The van der Waals surface area contributed by atoms with E-state index < -0.39 is 0 Å². The fourth-order valence-electron chi connectivity index (χ4n) is 1.55. The van der Waals surface area contributed by atoms with Gasteiger partial charge in [-0.1, -0.05) is 0 Å². The molecule has 1 aliphatic rings. The molecule has 58 valence electrons. The number of aromatic nitrogens is 1. The van der Waals surface area contributed by atoms with Crippen LogP contribution >= 0.6 is 0 Å². The Morgan fingerprint density at radius 3 is 2.55 bits per heavy atom. The first-order valence-electron chi connectivity index (χ1n) is 3.95. The lowest BCUT2D eigenvalue weighted by molar-refractivity contribution is 0.189. The molecular formula is C9H12N2. The third kappa shape index (κ3) is 1.26. The second kappa shape index (κ2) is 2.62. The zero-order valence-corrected chi connectivity index (χ0v) is 6.70. The maximum atomic E-state index is 3.99. The third-order valence-electron chi connectivity index (χ3n) is 2.24. The SMILES string of the molecule is CN1CC(c2ccncc2)C1. The van der Waals surface area contributed by atoms with E-state index in [2.05, 4.69) is 29.1 Å². The molecule has 0 bridgehead atoms. The minimum atomic E-state index is 0.753. The van der Waals surface area contributed by atoms with Gasteiger partial charge >= 0.3 is 0 Å². The van der Waals surface area contributed by atoms with Gasteiger partial charge in [-0.15, -0.1) is 0 Å². The van der Waals surface area contributed by atoms with Crippen LogP contribution in [0.5, 0.6) is 0 Å². The molecule has 0 amide bonds. The fourth-order valence-corrected chi connectivity index (χ4v) is 1.55. The molecule has 0 spiro atoms. The summed E-state index contributed by atoms with van der Waals surface area (Å²) >= 11 is 0. The van der Waals surface area contributed by atoms with Crippen LogP contribution in [-0.2, 0) is 0 Å². The highest BCUT2D eigenvalue weighted by Gasteiger charge is 2.23. The Kier molecular flexibility index (Phi) is 1.62. The van der Waals surface area contributed by atoms with Crippen LogP contribution in [0.15, 0.2) is 24.5 Å². The monoisotopic (exact) mass is 148 g/mol. The van der Waals surface area contributed by atoms with Crippen LogP contribution in [0, 0.1) is 0 Å². The van der Waals surface area contributed by atoms with Gasteiger partial charge in [0, 0.05) is 31.4 Å². The molecule has 1 aromatic heterocycles. The Balaban J connectivity index is 2.08. The summed E-state index contributed by atoms with van der Waals surface area (Å²) in [5.74, 6) is 0.753. The van der Waals surface area contributed by atoms with E-state index in [0.717, 1.165) is 5.92 Å². The molecule has 0 saturated carbocycles. The van der Waals surface area contributed by atoms with Crippen molar-refractivity contribution in [2.45, 2.75) is 5.92 Å². The Morgan fingerprint density at radius 1 is 1.36 bits per heavy atom. The van der Waals surface area contributed by atoms with Gasteiger partial charge in [0.2, 0.25) is 0 Å². The largest absolute Gasteiger partial charge is 0.305 e. The molecular weight excluding hydrogens is 136 g/mol. The highest BCUT2D eigenvalue weighted by molar-refractivity contribution is 5.19. The molecule has 0 aromatic carbocycles. The van der Waals surface area contributed by atoms with Crippen LogP contribution in [0.1, 0.15) is 11.5 Å². The van der Waals surface area contributed by atoms with E-state index in [1.807, 2.05) is 12.4 Å². The summed E-state index contributed by atoms with van der Waals surface area (Å²) in [5.41, 5.74) is 1.43. The van der Waals surface area contributed by atoms with Crippen molar-refractivity contribution >= 4 is 0 Å². The number of likely N-dealkylation sites (N-methyl/N-ethyl adjacent to an activating group) is 1. The number of hydrogen-bond acceptors (Lipinski definition) is 2. The topological polar surface area (TPSA) is 16.1 Å². The van der Waals surface area contributed by atoms with Crippen molar-refractivity contribution in [2.75, 3.05) is 20.1 Å². The van der Waals surface area contributed by atoms with Gasteiger partial charge in [0.25, 0.3) is 0 Å². The number of pyridine rings is 1. The van der Waals surface area contributed by atoms with E-state index in [1.165, 1.54) is 18.7 Å².